The second-order valence-electron chi connectivity index (χ2n) is 6.66. The third-order valence-corrected chi connectivity index (χ3v) is 6.11. The Hall–Kier alpha value is -0.790. The predicted molar refractivity (Wildman–Crippen MR) is 66.4 cm³/mol. The van der Waals surface area contributed by atoms with Crippen LogP contribution in [0.2, 0.25) is 0 Å². The van der Waals surface area contributed by atoms with E-state index >= 15 is 0 Å². The molecule has 0 amide bonds. The van der Waals surface area contributed by atoms with E-state index in [1.807, 2.05) is 0 Å². The summed E-state index contributed by atoms with van der Waals surface area (Å²) in [5.41, 5.74) is 1.74. The summed E-state index contributed by atoms with van der Waals surface area (Å²) < 4.78 is 5.62. The molecule has 0 bridgehead atoms. The summed E-state index contributed by atoms with van der Waals surface area (Å²) in [7, 11) is 0. The molecule has 17 heavy (non-hydrogen) atoms. The summed E-state index contributed by atoms with van der Waals surface area (Å²) in [5, 5.41) is 0. The number of ether oxygens (including phenoxy) is 1. The van der Waals surface area contributed by atoms with Gasteiger partial charge < -0.3 is 4.74 Å². The summed E-state index contributed by atoms with van der Waals surface area (Å²) >= 11 is 0. The average Bonchev–Trinajstić information content (AvgIpc) is 2.65. The first-order chi connectivity index (χ1) is 7.97. The Morgan fingerprint density at radius 1 is 1.29 bits per heavy atom. The van der Waals surface area contributed by atoms with Gasteiger partial charge in [-0.3, -0.25) is 0 Å². The van der Waals surface area contributed by atoms with Gasteiger partial charge in [0.2, 0.25) is 0 Å². The highest BCUT2D eigenvalue weighted by molar-refractivity contribution is 5.86. The van der Waals surface area contributed by atoms with Crippen LogP contribution in [0, 0.1) is 16.7 Å². The smallest absolute Gasteiger partial charge is 0.331 e. The third-order valence-electron chi connectivity index (χ3n) is 6.11. The molecule has 4 atom stereocenters. The number of rotatable bonds is 0. The topological polar surface area (TPSA) is 26.3 Å². The number of hydrogen-bond acceptors (Lipinski definition) is 2. The number of esters is 1. The highest BCUT2D eigenvalue weighted by atomic mass is 16.5. The Morgan fingerprint density at radius 3 is 2.82 bits per heavy atom. The summed E-state index contributed by atoms with van der Waals surface area (Å²) in [6.07, 6.45) is 7.87. The van der Waals surface area contributed by atoms with Crippen molar-refractivity contribution in [1.29, 1.82) is 0 Å². The van der Waals surface area contributed by atoms with Crippen molar-refractivity contribution in [2.24, 2.45) is 16.7 Å². The summed E-state index contributed by atoms with van der Waals surface area (Å²) in [4.78, 5) is 11.5. The van der Waals surface area contributed by atoms with Crippen LogP contribution in [0.15, 0.2) is 11.6 Å². The minimum atomic E-state index is -0.117. The minimum Gasteiger partial charge on any atom is -0.454 e. The van der Waals surface area contributed by atoms with Crippen molar-refractivity contribution < 1.29 is 9.53 Å². The molecule has 0 aromatic heterocycles. The Kier molecular flexibility index (Phi) is 2.24. The Morgan fingerprint density at radius 2 is 2.06 bits per heavy atom. The van der Waals surface area contributed by atoms with Crippen molar-refractivity contribution in [3.63, 3.8) is 0 Å². The van der Waals surface area contributed by atoms with Crippen LogP contribution in [0.3, 0.4) is 0 Å². The van der Waals surface area contributed by atoms with Gasteiger partial charge in [0.05, 0.1) is 0 Å². The van der Waals surface area contributed by atoms with Crippen LogP contribution in [-0.2, 0) is 9.53 Å². The maximum atomic E-state index is 11.5. The number of hydrogen-bond donors (Lipinski definition) is 0. The molecule has 3 rings (SSSR count). The predicted octanol–water partition coefficient (Wildman–Crippen LogP) is 3.46. The van der Waals surface area contributed by atoms with Gasteiger partial charge in [-0.25, -0.2) is 4.79 Å². The first kappa shape index (κ1) is 11.3. The first-order valence-corrected chi connectivity index (χ1v) is 6.88. The van der Waals surface area contributed by atoms with Crippen molar-refractivity contribution in [3.8, 4) is 0 Å². The minimum absolute atomic E-state index is 0.0662. The maximum absolute atomic E-state index is 11.5. The van der Waals surface area contributed by atoms with E-state index in [2.05, 4.69) is 20.8 Å². The van der Waals surface area contributed by atoms with E-state index in [4.69, 9.17) is 4.74 Å². The number of carbonyl (C=O) groups is 1. The lowest BCUT2D eigenvalue weighted by Gasteiger charge is -2.59. The Balaban J connectivity index is 2.03. The molecule has 0 aromatic rings. The zero-order valence-electron chi connectivity index (χ0n) is 11.1. The molecular formula is C15H22O2. The molecule has 2 aliphatic carbocycles. The fourth-order valence-corrected chi connectivity index (χ4v) is 4.50. The quantitative estimate of drug-likeness (QED) is 0.600. The van der Waals surface area contributed by atoms with Gasteiger partial charge in [0, 0.05) is 11.5 Å². The molecule has 1 unspecified atom stereocenters. The van der Waals surface area contributed by atoms with Crippen LogP contribution in [0.1, 0.15) is 52.9 Å². The molecule has 2 heteroatoms. The molecule has 0 spiro atoms. The lowest BCUT2D eigenvalue weighted by molar-refractivity contribution is -0.162. The second-order valence-corrected chi connectivity index (χ2v) is 6.66. The standard InChI is InChI=1S/C15H22O2/c1-10-5-4-7-15(3)13-11(9-12(16)17-13)6-8-14(10,15)2/h9-10,13H,4-8H2,1-3H3/t10-,13?,14+,15+/m0/s1. The van der Waals surface area contributed by atoms with Crippen LogP contribution in [0.5, 0.6) is 0 Å². The van der Waals surface area contributed by atoms with Crippen molar-refractivity contribution in [2.75, 3.05) is 0 Å². The van der Waals surface area contributed by atoms with E-state index < -0.39 is 0 Å². The normalized spacial score (nSPS) is 49.1. The van der Waals surface area contributed by atoms with Crippen LogP contribution in [0.25, 0.3) is 0 Å². The molecule has 0 N–H and O–H groups in total. The van der Waals surface area contributed by atoms with E-state index in [9.17, 15) is 4.79 Å². The summed E-state index contributed by atoms with van der Waals surface area (Å²) in [6.45, 7) is 7.14. The third kappa shape index (κ3) is 1.30. The molecule has 1 aliphatic heterocycles. The molecular weight excluding hydrogens is 212 g/mol. The lowest BCUT2D eigenvalue weighted by atomic mass is 9.46. The molecule has 0 saturated heterocycles. The van der Waals surface area contributed by atoms with Crippen LogP contribution >= 0.6 is 0 Å². The van der Waals surface area contributed by atoms with Crippen LogP contribution in [0.4, 0.5) is 0 Å². The number of fused-ring (bicyclic) bond motifs is 3. The van der Waals surface area contributed by atoms with Crippen molar-refractivity contribution >= 4 is 5.97 Å². The molecule has 2 nitrogen and oxygen atoms in total. The van der Waals surface area contributed by atoms with E-state index in [-0.39, 0.29) is 17.5 Å². The van der Waals surface area contributed by atoms with E-state index in [1.165, 1.54) is 31.3 Å². The van der Waals surface area contributed by atoms with Gasteiger partial charge in [0.1, 0.15) is 6.10 Å². The van der Waals surface area contributed by atoms with Gasteiger partial charge in [-0.15, -0.1) is 0 Å². The van der Waals surface area contributed by atoms with E-state index in [0.29, 0.717) is 5.41 Å². The van der Waals surface area contributed by atoms with E-state index in [1.54, 1.807) is 6.08 Å². The Bertz CT molecular complexity index is 398. The average molecular weight is 234 g/mol. The second kappa shape index (κ2) is 3.37. The summed E-state index contributed by atoms with van der Waals surface area (Å²) in [5.74, 6) is 0.621. The highest BCUT2D eigenvalue weighted by Crippen LogP contribution is 2.63. The lowest BCUT2D eigenvalue weighted by Crippen LogP contribution is -2.55. The summed E-state index contributed by atoms with van der Waals surface area (Å²) in [6, 6.07) is 0. The van der Waals surface area contributed by atoms with Crippen molar-refractivity contribution in [1.82, 2.24) is 0 Å². The zero-order chi connectivity index (χ0) is 12.3. The van der Waals surface area contributed by atoms with Gasteiger partial charge in [-0.2, -0.15) is 0 Å². The molecule has 2 saturated carbocycles. The van der Waals surface area contributed by atoms with Gasteiger partial charge >= 0.3 is 5.97 Å². The molecule has 1 heterocycles. The van der Waals surface area contributed by atoms with Gasteiger partial charge in [0.25, 0.3) is 0 Å². The largest absolute Gasteiger partial charge is 0.454 e. The van der Waals surface area contributed by atoms with Gasteiger partial charge in [-0.1, -0.05) is 33.6 Å². The first-order valence-electron chi connectivity index (χ1n) is 6.88. The van der Waals surface area contributed by atoms with Crippen LogP contribution in [-0.4, -0.2) is 12.1 Å². The highest BCUT2D eigenvalue weighted by Gasteiger charge is 2.59. The molecule has 94 valence electrons. The zero-order valence-corrected chi connectivity index (χ0v) is 11.1. The van der Waals surface area contributed by atoms with Crippen molar-refractivity contribution in [2.45, 2.75) is 59.0 Å². The fraction of sp³-hybridized carbons (Fsp3) is 0.800. The van der Waals surface area contributed by atoms with Gasteiger partial charge in [-0.05, 0) is 36.2 Å². The SMILES string of the molecule is C[C@H]1CCC[C@]2(C)C3OC(=O)C=C3CC[C@]12C. The maximum Gasteiger partial charge on any atom is 0.331 e. The Labute approximate surface area is 103 Å². The molecule has 3 aliphatic rings. The van der Waals surface area contributed by atoms with Crippen molar-refractivity contribution in [3.05, 3.63) is 11.6 Å². The van der Waals surface area contributed by atoms with E-state index in [0.717, 1.165) is 12.3 Å². The number of carbonyl (C=O) groups excluding carboxylic acids is 1. The fourth-order valence-electron chi connectivity index (χ4n) is 4.50. The monoisotopic (exact) mass is 234 g/mol. The molecule has 0 radical (unpaired) electrons. The van der Waals surface area contributed by atoms with Gasteiger partial charge in [0.15, 0.2) is 0 Å². The molecule has 0 aromatic carbocycles. The molecule has 2 fully saturated rings. The van der Waals surface area contributed by atoms with Crippen LogP contribution < -0.4 is 0 Å².